The predicted octanol–water partition coefficient (Wildman–Crippen LogP) is 2.75. The molecule has 0 saturated carbocycles. The van der Waals surface area contributed by atoms with Gasteiger partial charge in [-0.3, -0.25) is 0 Å². The molecule has 14 heavy (non-hydrogen) atoms. The van der Waals surface area contributed by atoms with Crippen LogP contribution in [0.15, 0.2) is 18.3 Å². The summed E-state index contributed by atoms with van der Waals surface area (Å²) in [6.07, 6.45) is 1.65. The van der Waals surface area contributed by atoms with Crippen LogP contribution in [0.3, 0.4) is 0 Å². The highest BCUT2D eigenvalue weighted by Gasteiger charge is 2.09. The van der Waals surface area contributed by atoms with Gasteiger partial charge in [-0.25, -0.2) is 9.97 Å². The lowest BCUT2D eigenvalue weighted by Crippen LogP contribution is -1.86. The normalized spacial score (nSPS) is 10.4. The van der Waals surface area contributed by atoms with Gasteiger partial charge in [-0.1, -0.05) is 11.6 Å². The summed E-state index contributed by atoms with van der Waals surface area (Å²) in [5.74, 6) is 0.560. The van der Waals surface area contributed by atoms with Crippen LogP contribution in [0.1, 0.15) is 4.88 Å². The van der Waals surface area contributed by atoms with Crippen LogP contribution < -0.4 is 5.73 Å². The van der Waals surface area contributed by atoms with Crippen LogP contribution in [0.2, 0.25) is 5.15 Å². The average molecular weight is 226 g/mol. The molecule has 0 atom stereocenters. The summed E-state index contributed by atoms with van der Waals surface area (Å²) in [4.78, 5) is 9.20. The first-order chi connectivity index (χ1) is 6.68. The second-order valence-corrected chi connectivity index (χ2v) is 4.36. The van der Waals surface area contributed by atoms with Crippen LogP contribution in [-0.4, -0.2) is 9.97 Å². The van der Waals surface area contributed by atoms with Gasteiger partial charge in [0.15, 0.2) is 0 Å². The van der Waals surface area contributed by atoms with E-state index < -0.39 is 0 Å². The van der Waals surface area contributed by atoms with Crippen molar-refractivity contribution in [2.75, 3.05) is 5.73 Å². The van der Waals surface area contributed by atoms with Gasteiger partial charge >= 0.3 is 0 Å². The van der Waals surface area contributed by atoms with Gasteiger partial charge in [0.05, 0.1) is 0 Å². The van der Waals surface area contributed by atoms with Gasteiger partial charge in [-0.2, -0.15) is 0 Å². The number of nitrogens with two attached hydrogens (primary N) is 1. The second kappa shape index (κ2) is 3.55. The molecule has 72 valence electrons. The Bertz CT molecular complexity index is 447. The zero-order valence-corrected chi connectivity index (χ0v) is 9.06. The van der Waals surface area contributed by atoms with E-state index in [4.69, 9.17) is 17.3 Å². The minimum atomic E-state index is 0.459. The maximum Gasteiger partial charge on any atom is 0.139 e. The molecular weight excluding hydrogens is 218 g/mol. The smallest absolute Gasteiger partial charge is 0.139 e. The zero-order valence-electron chi connectivity index (χ0n) is 7.49. The van der Waals surface area contributed by atoms with Crippen molar-refractivity contribution in [2.24, 2.45) is 0 Å². The fourth-order valence-corrected chi connectivity index (χ4v) is 2.19. The largest absolute Gasteiger partial charge is 0.383 e. The summed E-state index contributed by atoms with van der Waals surface area (Å²) in [5, 5.41) is 1.28. The number of hydrogen-bond donors (Lipinski definition) is 1. The Morgan fingerprint density at radius 2 is 2.29 bits per heavy atom. The average Bonchev–Trinajstić information content (AvgIpc) is 2.48. The van der Waals surface area contributed by atoms with Crippen LogP contribution >= 0.6 is 22.9 Å². The molecule has 0 bridgehead atoms. The van der Waals surface area contributed by atoms with E-state index >= 15 is 0 Å². The van der Waals surface area contributed by atoms with E-state index in [-0.39, 0.29) is 0 Å². The Hall–Kier alpha value is -1.13. The Labute approximate surface area is 90.6 Å². The molecule has 2 rings (SSSR count). The number of hydrogen-bond acceptors (Lipinski definition) is 4. The van der Waals surface area contributed by atoms with Gasteiger partial charge in [0.2, 0.25) is 0 Å². The summed E-state index contributed by atoms with van der Waals surface area (Å²) in [5.41, 5.74) is 6.50. The number of rotatable bonds is 1. The minimum absolute atomic E-state index is 0.459. The van der Waals surface area contributed by atoms with Gasteiger partial charge < -0.3 is 5.73 Å². The van der Waals surface area contributed by atoms with Crippen molar-refractivity contribution in [3.05, 3.63) is 28.4 Å². The molecule has 0 amide bonds. The highest BCUT2D eigenvalue weighted by Crippen LogP contribution is 2.32. The topological polar surface area (TPSA) is 51.8 Å². The maximum absolute atomic E-state index is 5.94. The summed E-state index contributed by atoms with van der Waals surface area (Å²) in [6.45, 7) is 1.93. The number of nitrogens with zero attached hydrogens (tertiary/aromatic N) is 2. The molecule has 2 N–H and O–H groups in total. The van der Waals surface area contributed by atoms with E-state index in [9.17, 15) is 0 Å². The number of pyridine rings is 1. The maximum atomic E-state index is 5.94. The van der Waals surface area contributed by atoms with E-state index in [0.29, 0.717) is 11.0 Å². The lowest BCUT2D eigenvalue weighted by Gasteiger charge is -1.96. The highest BCUT2D eigenvalue weighted by atomic mass is 35.5. The Balaban J connectivity index is 2.55. The van der Waals surface area contributed by atoms with E-state index in [1.54, 1.807) is 6.20 Å². The first-order valence-corrected chi connectivity index (χ1v) is 5.21. The fourth-order valence-electron chi connectivity index (χ4n) is 1.07. The number of aryl methyl sites for hydroxylation is 1. The minimum Gasteiger partial charge on any atom is -0.383 e. The lowest BCUT2D eigenvalue weighted by molar-refractivity contribution is 1.31. The molecule has 0 radical (unpaired) electrons. The molecule has 0 aliphatic rings. The van der Waals surface area contributed by atoms with Crippen molar-refractivity contribution in [3.63, 3.8) is 0 Å². The molecule has 2 aromatic heterocycles. The number of anilines is 1. The molecule has 0 aliphatic carbocycles. The molecule has 0 aliphatic heterocycles. The van der Waals surface area contributed by atoms with Gasteiger partial charge in [0.25, 0.3) is 0 Å². The van der Waals surface area contributed by atoms with Crippen LogP contribution in [0.4, 0.5) is 5.82 Å². The molecular formula is C9H8ClN3S. The van der Waals surface area contributed by atoms with Gasteiger partial charge in [-0.15, -0.1) is 11.3 Å². The third-order valence-electron chi connectivity index (χ3n) is 1.82. The summed E-state index contributed by atoms with van der Waals surface area (Å²) in [7, 11) is 0. The van der Waals surface area contributed by atoms with Crippen LogP contribution in [0.25, 0.3) is 10.6 Å². The predicted molar refractivity (Wildman–Crippen MR) is 59.5 cm³/mol. The fraction of sp³-hybridized carbons (Fsp3) is 0.111. The molecule has 0 aromatic carbocycles. The van der Waals surface area contributed by atoms with Crippen molar-refractivity contribution in [3.8, 4) is 10.6 Å². The molecule has 2 aromatic rings. The van der Waals surface area contributed by atoms with Crippen LogP contribution in [0, 0.1) is 6.92 Å². The van der Waals surface area contributed by atoms with E-state index in [1.807, 2.05) is 19.1 Å². The van der Waals surface area contributed by atoms with Crippen LogP contribution in [-0.2, 0) is 0 Å². The second-order valence-electron chi connectivity index (χ2n) is 2.80. The SMILES string of the molecule is Cc1sc(-c2cccnc2Cl)nc1N. The zero-order chi connectivity index (χ0) is 10.1. The Kier molecular flexibility index (Phi) is 2.39. The van der Waals surface area contributed by atoms with E-state index in [0.717, 1.165) is 15.4 Å². The van der Waals surface area contributed by atoms with Crippen molar-refractivity contribution < 1.29 is 0 Å². The monoisotopic (exact) mass is 225 g/mol. The molecule has 5 heteroatoms. The highest BCUT2D eigenvalue weighted by molar-refractivity contribution is 7.15. The molecule has 0 spiro atoms. The Morgan fingerprint density at radius 1 is 1.50 bits per heavy atom. The van der Waals surface area contributed by atoms with E-state index in [2.05, 4.69) is 9.97 Å². The molecule has 0 saturated heterocycles. The summed E-state index contributed by atoms with van der Waals surface area (Å²) < 4.78 is 0. The standard InChI is InChI=1S/C9H8ClN3S/c1-5-8(11)13-9(14-5)6-3-2-4-12-7(6)10/h2-4H,11H2,1H3. The van der Waals surface area contributed by atoms with Crippen molar-refractivity contribution in [1.82, 2.24) is 9.97 Å². The van der Waals surface area contributed by atoms with Gasteiger partial charge in [-0.05, 0) is 19.1 Å². The van der Waals surface area contributed by atoms with Gasteiger partial charge in [0.1, 0.15) is 16.0 Å². The number of thiazole rings is 1. The first kappa shape index (κ1) is 9.43. The molecule has 0 unspecified atom stereocenters. The van der Waals surface area contributed by atoms with Crippen molar-refractivity contribution in [1.29, 1.82) is 0 Å². The van der Waals surface area contributed by atoms with Crippen molar-refractivity contribution >= 4 is 28.8 Å². The molecule has 2 heterocycles. The van der Waals surface area contributed by atoms with Crippen molar-refractivity contribution in [2.45, 2.75) is 6.92 Å². The van der Waals surface area contributed by atoms with E-state index in [1.165, 1.54) is 11.3 Å². The molecule has 0 fully saturated rings. The molecule has 3 nitrogen and oxygen atoms in total. The third kappa shape index (κ3) is 1.58. The quantitative estimate of drug-likeness (QED) is 0.760. The third-order valence-corrected chi connectivity index (χ3v) is 3.14. The van der Waals surface area contributed by atoms with Gasteiger partial charge in [0, 0.05) is 16.6 Å². The number of halogens is 1. The summed E-state index contributed by atoms with van der Waals surface area (Å²) in [6, 6.07) is 3.71. The number of aromatic nitrogens is 2. The number of nitrogen functional groups attached to an aromatic ring is 1. The Morgan fingerprint density at radius 3 is 2.86 bits per heavy atom. The lowest BCUT2D eigenvalue weighted by atomic mass is 10.3. The van der Waals surface area contributed by atoms with Crippen LogP contribution in [0.5, 0.6) is 0 Å². The summed E-state index contributed by atoms with van der Waals surface area (Å²) >= 11 is 7.46. The first-order valence-electron chi connectivity index (χ1n) is 4.02.